The zero-order valence-electron chi connectivity index (χ0n) is 21.4. The van der Waals surface area contributed by atoms with Crippen LogP contribution in [0.1, 0.15) is 46.7 Å². The number of hydrogen-bond acceptors (Lipinski definition) is 3. The average molecular weight is 528 g/mol. The van der Waals surface area contributed by atoms with Crippen LogP contribution in [0.2, 0.25) is 0 Å². The maximum Gasteiger partial charge on any atom is 0.226 e. The van der Waals surface area contributed by atoms with Crippen molar-refractivity contribution in [2.45, 2.75) is 38.9 Å². The molecule has 0 bridgehead atoms. The van der Waals surface area contributed by atoms with E-state index >= 15 is 0 Å². The summed E-state index contributed by atoms with van der Waals surface area (Å²) in [7, 11) is 0. The fraction of sp³-hybridized carbons (Fsp3) is 0.233. The Balaban J connectivity index is 1.43. The van der Waals surface area contributed by atoms with Crippen LogP contribution in [0.4, 0.5) is 10.1 Å². The molecule has 0 radical (unpaired) electrons. The van der Waals surface area contributed by atoms with Crippen LogP contribution < -0.4 is 10.6 Å². The summed E-state index contributed by atoms with van der Waals surface area (Å²) in [6, 6.07) is 24.3. The van der Waals surface area contributed by atoms with Crippen molar-refractivity contribution in [1.29, 1.82) is 0 Å². The van der Waals surface area contributed by atoms with E-state index in [0.29, 0.717) is 11.7 Å². The first-order valence-corrected chi connectivity index (χ1v) is 13.1. The van der Waals surface area contributed by atoms with Gasteiger partial charge in [-0.3, -0.25) is 9.78 Å². The number of amides is 1. The number of rotatable bonds is 8. The van der Waals surface area contributed by atoms with Gasteiger partial charge in [-0.1, -0.05) is 48.5 Å². The van der Waals surface area contributed by atoms with Crippen molar-refractivity contribution < 1.29 is 9.18 Å². The summed E-state index contributed by atoms with van der Waals surface area (Å²) in [4.78, 5) is 19.4. The van der Waals surface area contributed by atoms with E-state index in [0.717, 1.165) is 29.2 Å². The number of nitrogens with one attached hydrogen (secondary N) is 2. The van der Waals surface area contributed by atoms with Crippen LogP contribution in [0.25, 0.3) is 0 Å². The standard InChI is InChI=1S/C30H30FN5OS/c1-20-18-23(21(2)36(20)19-22-10-4-3-5-11-22)29-28(26-14-8-9-16-32-26)34-30(38)35(29)17-15-27(37)33-25-13-7-6-12-24(25)31/h3-14,16,18,28-29H,15,17,19H2,1-2H3,(H,33,37)(H,34,38)/t28-,29-/m0/s1. The SMILES string of the molecule is Cc1cc([C@H]2[C@H](c3ccccn3)NC(=S)N2CCC(=O)Nc2ccccc2F)c(C)n1Cc1ccccc1. The molecule has 5 rings (SSSR count). The van der Waals surface area contributed by atoms with Gasteiger partial charge in [-0.15, -0.1) is 0 Å². The lowest BCUT2D eigenvalue weighted by Crippen LogP contribution is -2.33. The molecule has 0 spiro atoms. The van der Waals surface area contributed by atoms with E-state index in [2.05, 4.69) is 69.3 Å². The van der Waals surface area contributed by atoms with Gasteiger partial charge in [-0.05, 0) is 67.5 Å². The topological polar surface area (TPSA) is 62.2 Å². The number of thiocarbonyl (C=S) groups is 1. The van der Waals surface area contributed by atoms with Crippen molar-refractivity contribution in [2.24, 2.45) is 0 Å². The molecule has 6 nitrogen and oxygen atoms in total. The lowest BCUT2D eigenvalue weighted by Gasteiger charge is -2.28. The highest BCUT2D eigenvalue weighted by Crippen LogP contribution is 2.41. The maximum absolute atomic E-state index is 14.1. The number of pyridine rings is 1. The molecule has 1 saturated heterocycles. The van der Waals surface area contributed by atoms with Crippen molar-refractivity contribution in [3.63, 3.8) is 0 Å². The molecule has 1 aliphatic rings. The molecule has 194 valence electrons. The van der Waals surface area contributed by atoms with Crippen molar-refractivity contribution >= 4 is 28.9 Å². The van der Waals surface area contributed by atoms with Crippen LogP contribution in [0.15, 0.2) is 85.1 Å². The average Bonchev–Trinajstić information content (AvgIpc) is 3.40. The number of aryl methyl sites for hydroxylation is 1. The van der Waals surface area contributed by atoms with Crippen molar-refractivity contribution in [3.05, 3.63) is 119 Å². The Labute approximate surface area is 227 Å². The molecule has 0 aliphatic carbocycles. The first-order valence-electron chi connectivity index (χ1n) is 12.7. The number of carbonyl (C=O) groups is 1. The molecule has 2 aromatic heterocycles. The molecule has 2 N–H and O–H groups in total. The highest BCUT2D eigenvalue weighted by molar-refractivity contribution is 7.80. The van der Waals surface area contributed by atoms with Gasteiger partial charge in [-0.25, -0.2) is 4.39 Å². The Kier molecular flexibility index (Phi) is 7.51. The van der Waals surface area contributed by atoms with Crippen LogP contribution >= 0.6 is 12.2 Å². The van der Waals surface area contributed by atoms with Crippen LogP contribution in [-0.2, 0) is 11.3 Å². The number of para-hydroxylation sites is 1. The van der Waals surface area contributed by atoms with Crippen molar-refractivity contribution in [3.8, 4) is 0 Å². The highest BCUT2D eigenvalue weighted by Gasteiger charge is 2.41. The summed E-state index contributed by atoms with van der Waals surface area (Å²) in [5, 5.41) is 6.70. The Hall–Kier alpha value is -4.04. The van der Waals surface area contributed by atoms with Gasteiger partial charge in [-0.2, -0.15) is 0 Å². The predicted molar refractivity (Wildman–Crippen MR) is 151 cm³/mol. The molecule has 0 unspecified atom stereocenters. The summed E-state index contributed by atoms with van der Waals surface area (Å²) in [5.41, 5.74) is 5.71. The van der Waals surface area contributed by atoms with E-state index in [1.54, 1.807) is 24.4 Å². The molecular formula is C30H30FN5OS. The minimum atomic E-state index is -0.460. The van der Waals surface area contributed by atoms with Gasteiger partial charge < -0.3 is 20.1 Å². The molecule has 1 amide bonds. The fourth-order valence-electron chi connectivity index (χ4n) is 5.12. The van der Waals surface area contributed by atoms with Crippen molar-refractivity contribution in [1.82, 2.24) is 19.8 Å². The summed E-state index contributed by atoms with van der Waals surface area (Å²) >= 11 is 5.77. The zero-order chi connectivity index (χ0) is 26.6. The van der Waals surface area contributed by atoms with E-state index < -0.39 is 5.82 Å². The van der Waals surface area contributed by atoms with E-state index in [9.17, 15) is 9.18 Å². The van der Waals surface area contributed by atoms with Gasteiger partial charge in [0.1, 0.15) is 5.82 Å². The number of nitrogens with zero attached hydrogens (tertiary/aromatic N) is 3. The molecular weight excluding hydrogens is 497 g/mol. The number of hydrogen-bond donors (Lipinski definition) is 2. The summed E-state index contributed by atoms with van der Waals surface area (Å²) in [6.45, 7) is 5.39. The van der Waals surface area contributed by atoms with Crippen LogP contribution in [0, 0.1) is 19.7 Å². The third kappa shape index (κ3) is 5.31. The number of carbonyl (C=O) groups excluding carboxylic acids is 1. The molecule has 3 heterocycles. The quantitative estimate of drug-likeness (QED) is 0.288. The van der Waals surface area contributed by atoms with Gasteiger partial charge >= 0.3 is 0 Å². The first kappa shape index (κ1) is 25.6. The Morgan fingerprint density at radius 3 is 2.53 bits per heavy atom. The maximum atomic E-state index is 14.1. The van der Waals surface area contributed by atoms with E-state index in [-0.39, 0.29) is 30.1 Å². The van der Waals surface area contributed by atoms with Crippen LogP contribution in [0.3, 0.4) is 0 Å². The van der Waals surface area contributed by atoms with Gasteiger partial charge in [0.25, 0.3) is 0 Å². The van der Waals surface area contributed by atoms with E-state index in [4.69, 9.17) is 12.2 Å². The Morgan fingerprint density at radius 2 is 1.79 bits per heavy atom. The van der Waals surface area contributed by atoms with Gasteiger partial charge in [0.05, 0.1) is 23.5 Å². The summed E-state index contributed by atoms with van der Waals surface area (Å²) in [6.07, 6.45) is 1.94. The summed E-state index contributed by atoms with van der Waals surface area (Å²) < 4.78 is 16.4. The third-order valence-electron chi connectivity index (χ3n) is 7.04. The van der Waals surface area contributed by atoms with Gasteiger partial charge in [0.2, 0.25) is 5.91 Å². The molecule has 2 aromatic carbocycles. The Bertz CT molecular complexity index is 1440. The number of benzene rings is 2. The lowest BCUT2D eigenvalue weighted by atomic mass is 9.96. The molecule has 1 fully saturated rings. The minimum Gasteiger partial charge on any atom is -0.352 e. The predicted octanol–water partition coefficient (Wildman–Crippen LogP) is 5.69. The van der Waals surface area contributed by atoms with E-state index in [1.807, 2.05) is 24.3 Å². The normalized spacial score (nSPS) is 16.9. The molecule has 4 aromatic rings. The second-order valence-corrected chi connectivity index (χ2v) is 9.88. The molecule has 8 heteroatoms. The lowest BCUT2D eigenvalue weighted by molar-refractivity contribution is -0.116. The monoisotopic (exact) mass is 527 g/mol. The summed E-state index contributed by atoms with van der Waals surface area (Å²) in [5.74, 6) is -0.731. The van der Waals surface area contributed by atoms with Gasteiger partial charge in [0.15, 0.2) is 5.11 Å². The second kappa shape index (κ2) is 11.1. The second-order valence-electron chi connectivity index (χ2n) is 9.50. The highest BCUT2D eigenvalue weighted by atomic mass is 32.1. The number of aromatic nitrogens is 2. The Morgan fingerprint density at radius 1 is 1.05 bits per heavy atom. The smallest absolute Gasteiger partial charge is 0.226 e. The fourth-order valence-corrected chi connectivity index (χ4v) is 5.45. The zero-order valence-corrected chi connectivity index (χ0v) is 22.2. The number of halogens is 1. The van der Waals surface area contributed by atoms with Crippen LogP contribution in [-0.4, -0.2) is 32.0 Å². The molecule has 0 saturated carbocycles. The third-order valence-corrected chi connectivity index (χ3v) is 7.39. The minimum absolute atomic E-state index is 0.157. The van der Waals surface area contributed by atoms with Crippen LogP contribution in [0.5, 0.6) is 0 Å². The van der Waals surface area contributed by atoms with E-state index in [1.165, 1.54) is 11.6 Å². The van der Waals surface area contributed by atoms with Gasteiger partial charge in [0, 0.05) is 37.1 Å². The first-order chi connectivity index (χ1) is 18.4. The largest absolute Gasteiger partial charge is 0.352 e. The molecule has 2 atom stereocenters. The van der Waals surface area contributed by atoms with Crippen molar-refractivity contribution in [2.75, 3.05) is 11.9 Å². The number of anilines is 1. The molecule has 38 heavy (non-hydrogen) atoms. The molecule has 1 aliphatic heterocycles.